The fraction of sp³-hybridized carbons (Fsp3) is 0.643. The lowest BCUT2D eigenvalue weighted by atomic mass is 10.0. The first kappa shape index (κ1) is 13.3. The Kier molecular flexibility index (Phi) is 4.55. The summed E-state index contributed by atoms with van der Waals surface area (Å²) in [7, 11) is 2.17. The van der Waals surface area contributed by atoms with E-state index in [1.54, 1.807) is 0 Å². The van der Waals surface area contributed by atoms with Gasteiger partial charge in [-0.25, -0.2) is 4.98 Å². The molecule has 0 aliphatic carbocycles. The van der Waals surface area contributed by atoms with E-state index in [0.717, 1.165) is 44.8 Å². The normalized spacial score (nSPS) is 18.9. The Labute approximate surface area is 110 Å². The predicted molar refractivity (Wildman–Crippen MR) is 75.9 cm³/mol. The number of rotatable bonds is 4. The van der Waals surface area contributed by atoms with Gasteiger partial charge < -0.3 is 15.5 Å². The number of aromatic nitrogens is 1. The second kappa shape index (κ2) is 6.16. The van der Waals surface area contributed by atoms with Crippen LogP contribution in [0.3, 0.4) is 0 Å². The molecule has 0 aromatic carbocycles. The number of hydrogen-bond donors (Lipinski definition) is 1. The molecule has 0 bridgehead atoms. The van der Waals surface area contributed by atoms with Gasteiger partial charge >= 0.3 is 0 Å². The van der Waals surface area contributed by atoms with E-state index < -0.39 is 0 Å². The highest BCUT2D eigenvalue weighted by atomic mass is 15.3. The Morgan fingerprint density at radius 1 is 1.33 bits per heavy atom. The molecule has 2 rings (SSSR count). The molecule has 4 heteroatoms. The van der Waals surface area contributed by atoms with Crippen LogP contribution < -0.4 is 10.6 Å². The van der Waals surface area contributed by atoms with Crippen LogP contribution >= 0.6 is 0 Å². The second-order valence-corrected chi connectivity index (χ2v) is 5.15. The van der Waals surface area contributed by atoms with Gasteiger partial charge in [-0.15, -0.1) is 0 Å². The highest BCUT2D eigenvalue weighted by Gasteiger charge is 2.18. The number of pyridine rings is 1. The van der Waals surface area contributed by atoms with Crippen LogP contribution in [0.4, 0.5) is 5.82 Å². The van der Waals surface area contributed by atoms with E-state index in [9.17, 15) is 0 Å². The van der Waals surface area contributed by atoms with Crippen LogP contribution in [-0.4, -0.2) is 49.2 Å². The van der Waals surface area contributed by atoms with Crippen LogP contribution in [0.15, 0.2) is 18.3 Å². The maximum atomic E-state index is 6.07. The molecule has 0 radical (unpaired) electrons. The summed E-state index contributed by atoms with van der Waals surface area (Å²) in [5, 5.41) is 0. The van der Waals surface area contributed by atoms with Gasteiger partial charge in [-0.3, -0.25) is 0 Å². The summed E-state index contributed by atoms with van der Waals surface area (Å²) < 4.78 is 0. The highest BCUT2D eigenvalue weighted by Crippen LogP contribution is 2.20. The summed E-state index contributed by atoms with van der Waals surface area (Å²) in [6, 6.07) is 4.41. The molecule has 18 heavy (non-hydrogen) atoms. The van der Waals surface area contributed by atoms with Gasteiger partial charge in [-0.2, -0.15) is 0 Å². The number of likely N-dealkylation sites (N-methyl/N-ethyl adjacent to an activating group) is 1. The number of hydrogen-bond acceptors (Lipinski definition) is 4. The Bertz CT molecular complexity index is 372. The Morgan fingerprint density at radius 2 is 2.06 bits per heavy atom. The highest BCUT2D eigenvalue weighted by molar-refractivity contribution is 5.47. The molecule has 0 spiro atoms. The summed E-state index contributed by atoms with van der Waals surface area (Å²) in [5.74, 6) is 1.13. The van der Waals surface area contributed by atoms with Gasteiger partial charge in [0.25, 0.3) is 0 Å². The summed E-state index contributed by atoms with van der Waals surface area (Å²) in [5.41, 5.74) is 7.36. The minimum absolute atomic E-state index is 0.236. The third-order valence-corrected chi connectivity index (χ3v) is 3.68. The molecule has 0 saturated carbocycles. The second-order valence-electron chi connectivity index (χ2n) is 5.15. The lowest BCUT2D eigenvalue weighted by Gasteiger charge is -2.34. The topological polar surface area (TPSA) is 45.4 Å². The molecule has 1 fully saturated rings. The zero-order valence-electron chi connectivity index (χ0n) is 11.5. The fourth-order valence-corrected chi connectivity index (χ4v) is 2.32. The maximum Gasteiger partial charge on any atom is 0.131 e. The molecule has 4 nitrogen and oxygen atoms in total. The Morgan fingerprint density at radius 3 is 2.72 bits per heavy atom. The molecule has 1 atom stereocenters. The summed E-state index contributed by atoms with van der Waals surface area (Å²) in [6.07, 6.45) is 3.82. The first-order valence-electron chi connectivity index (χ1n) is 6.83. The minimum atomic E-state index is 0.236. The van der Waals surface area contributed by atoms with Crippen LogP contribution in [0.25, 0.3) is 0 Å². The number of piperazine rings is 1. The van der Waals surface area contributed by atoms with Crippen molar-refractivity contribution in [2.24, 2.45) is 5.73 Å². The van der Waals surface area contributed by atoms with Gasteiger partial charge in [0.15, 0.2) is 0 Å². The third-order valence-electron chi connectivity index (χ3n) is 3.68. The van der Waals surface area contributed by atoms with Crippen molar-refractivity contribution in [2.45, 2.75) is 25.8 Å². The van der Waals surface area contributed by atoms with E-state index in [-0.39, 0.29) is 6.04 Å². The molecule has 1 aliphatic heterocycles. The third kappa shape index (κ3) is 3.21. The van der Waals surface area contributed by atoms with E-state index in [1.165, 1.54) is 5.56 Å². The molecule has 1 aliphatic rings. The van der Waals surface area contributed by atoms with Crippen molar-refractivity contribution in [3.8, 4) is 0 Å². The molecule has 1 saturated heterocycles. The van der Waals surface area contributed by atoms with Gasteiger partial charge in [0.05, 0.1) is 0 Å². The average Bonchev–Trinajstić information content (AvgIpc) is 2.40. The van der Waals surface area contributed by atoms with Crippen LogP contribution in [0, 0.1) is 0 Å². The van der Waals surface area contributed by atoms with Crippen molar-refractivity contribution in [1.29, 1.82) is 0 Å². The molecular weight excluding hydrogens is 224 g/mol. The lowest BCUT2D eigenvalue weighted by molar-refractivity contribution is 0.311. The van der Waals surface area contributed by atoms with Crippen LogP contribution in [0.1, 0.15) is 18.9 Å². The number of nitrogens with zero attached hydrogens (tertiary/aromatic N) is 3. The smallest absolute Gasteiger partial charge is 0.131 e. The SMILES string of the molecule is CCC(N)Cc1cccnc1N1CCN(C)CC1. The van der Waals surface area contributed by atoms with Crippen LogP contribution in [0.2, 0.25) is 0 Å². The van der Waals surface area contributed by atoms with E-state index in [0.29, 0.717) is 0 Å². The average molecular weight is 248 g/mol. The minimum Gasteiger partial charge on any atom is -0.354 e. The van der Waals surface area contributed by atoms with Crippen LogP contribution in [0.5, 0.6) is 0 Å². The van der Waals surface area contributed by atoms with Gasteiger partial charge in [-0.05, 0) is 31.5 Å². The Balaban J connectivity index is 2.11. The standard InChI is InChI=1S/C14H24N4/c1-3-13(15)11-12-5-4-6-16-14(12)18-9-7-17(2)8-10-18/h4-6,13H,3,7-11,15H2,1-2H3. The number of nitrogens with two attached hydrogens (primary N) is 1. The molecule has 100 valence electrons. The van der Waals surface area contributed by atoms with Crippen LogP contribution in [-0.2, 0) is 6.42 Å². The first-order chi connectivity index (χ1) is 8.70. The van der Waals surface area contributed by atoms with Crippen molar-refractivity contribution in [3.63, 3.8) is 0 Å². The zero-order chi connectivity index (χ0) is 13.0. The van der Waals surface area contributed by atoms with Gasteiger partial charge in [0.2, 0.25) is 0 Å². The quantitative estimate of drug-likeness (QED) is 0.867. The van der Waals surface area contributed by atoms with E-state index in [4.69, 9.17) is 5.73 Å². The summed E-state index contributed by atoms with van der Waals surface area (Å²) in [6.45, 7) is 6.46. The van der Waals surface area contributed by atoms with Crippen molar-refractivity contribution in [1.82, 2.24) is 9.88 Å². The van der Waals surface area contributed by atoms with Crippen molar-refractivity contribution >= 4 is 5.82 Å². The van der Waals surface area contributed by atoms with E-state index >= 15 is 0 Å². The molecule has 0 amide bonds. The summed E-state index contributed by atoms with van der Waals surface area (Å²) >= 11 is 0. The molecule has 2 heterocycles. The largest absolute Gasteiger partial charge is 0.354 e. The van der Waals surface area contributed by atoms with Gasteiger partial charge in [0, 0.05) is 38.4 Å². The van der Waals surface area contributed by atoms with Crippen molar-refractivity contribution < 1.29 is 0 Å². The molecule has 1 aromatic rings. The molecule has 2 N–H and O–H groups in total. The van der Waals surface area contributed by atoms with Gasteiger partial charge in [-0.1, -0.05) is 13.0 Å². The first-order valence-corrected chi connectivity index (χ1v) is 6.83. The van der Waals surface area contributed by atoms with Crippen molar-refractivity contribution in [3.05, 3.63) is 23.9 Å². The van der Waals surface area contributed by atoms with E-state index in [1.807, 2.05) is 12.3 Å². The summed E-state index contributed by atoms with van der Waals surface area (Å²) in [4.78, 5) is 9.31. The monoisotopic (exact) mass is 248 g/mol. The van der Waals surface area contributed by atoms with E-state index in [2.05, 4.69) is 34.8 Å². The number of anilines is 1. The molecule has 1 aromatic heterocycles. The molecule has 1 unspecified atom stereocenters. The molecular formula is C14H24N4. The zero-order valence-corrected chi connectivity index (χ0v) is 11.5. The van der Waals surface area contributed by atoms with Crippen molar-refractivity contribution in [2.75, 3.05) is 38.1 Å². The Hall–Kier alpha value is -1.13. The van der Waals surface area contributed by atoms with Gasteiger partial charge in [0.1, 0.15) is 5.82 Å². The fourth-order valence-electron chi connectivity index (χ4n) is 2.32. The lowest BCUT2D eigenvalue weighted by Crippen LogP contribution is -2.45. The predicted octanol–water partition coefficient (Wildman–Crippen LogP) is 1.11. The maximum absolute atomic E-state index is 6.07.